The van der Waals surface area contributed by atoms with Crippen LogP contribution in [0.2, 0.25) is 0 Å². The normalized spacial score (nSPS) is 14.2. The van der Waals surface area contributed by atoms with Gasteiger partial charge in [-0.2, -0.15) is 0 Å². The first-order chi connectivity index (χ1) is 18.7. The highest BCUT2D eigenvalue weighted by molar-refractivity contribution is 5.95. The first kappa shape index (κ1) is 24.2. The van der Waals surface area contributed by atoms with Crippen molar-refractivity contribution in [3.63, 3.8) is 0 Å². The molecule has 2 heterocycles. The Morgan fingerprint density at radius 3 is 2.13 bits per heavy atom. The smallest absolute Gasteiger partial charge is 0.336 e. The second-order valence-corrected chi connectivity index (χ2v) is 10.1. The number of anilines is 1. The summed E-state index contributed by atoms with van der Waals surface area (Å²) in [6.07, 6.45) is 3.26. The molecule has 190 valence electrons. The molecule has 0 saturated carbocycles. The molecule has 1 aromatic heterocycles. The zero-order valence-electron chi connectivity index (χ0n) is 21.5. The van der Waals surface area contributed by atoms with Crippen molar-refractivity contribution in [3.8, 4) is 22.3 Å². The molecule has 0 aliphatic carbocycles. The molecule has 1 N–H and O–H groups in total. The van der Waals surface area contributed by atoms with Crippen LogP contribution in [0.15, 0.2) is 118 Å². The van der Waals surface area contributed by atoms with Crippen molar-refractivity contribution in [2.45, 2.75) is 25.3 Å². The van der Waals surface area contributed by atoms with E-state index >= 15 is 0 Å². The topological polar surface area (TPSA) is 45.5 Å². The maximum absolute atomic E-state index is 12.5. The summed E-state index contributed by atoms with van der Waals surface area (Å²) in [5.74, 6) is 0. The van der Waals surface area contributed by atoms with Crippen LogP contribution in [0.1, 0.15) is 18.4 Å². The highest BCUT2D eigenvalue weighted by atomic mass is 16.4. The lowest BCUT2D eigenvalue weighted by Crippen LogP contribution is -2.43. The number of benzene rings is 4. The number of rotatable bonds is 7. The Kier molecular flexibility index (Phi) is 7.05. The summed E-state index contributed by atoms with van der Waals surface area (Å²) in [5, 5.41) is 4.69. The predicted octanol–water partition coefficient (Wildman–Crippen LogP) is 6.93. The molecule has 0 bridgehead atoms. The number of piperidine rings is 1. The van der Waals surface area contributed by atoms with Gasteiger partial charge < -0.3 is 14.6 Å². The van der Waals surface area contributed by atoms with E-state index in [1.54, 1.807) is 6.07 Å². The van der Waals surface area contributed by atoms with Gasteiger partial charge in [-0.25, -0.2) is 4.79 Å². The third kappa shape index (κ3) is 5.41. The van der Waals surface area contributed by atoms with E-state index < -0.39 is 0 Å². The van der Waals surface area contributed by atoms with Gasteiger partial charge in [0.05, 0.1) is 0 Å². The van der Waals surface area contributed by atoms with Gasteiger partial charge in [-0.3, -0.25) is 0 Å². The van der Waals surface area contributed by atoms with E-state index in [0.717, 1.165) is 66.7 Å². The van der Waals surface area contributed by atoms with E-state index in [-0.39, 0.29) is 5.63 Å². The summed E-state index contributed by atoms with van der Waals surface area (Å²) in [5.41, 5.74) is 7.06. The standard InChI is InChI=1S/C34H32N2O2/c37-34-24-32(28-13-11-27(12-14-28)26-9-5-2-6-10-26)31-16-15-30(23-33(31)38-34)36-21-18-29(19-22-36)35-20-17-25-7-3-1-4-8-25/h1-16,23-24,29,35H,17-22H2. The van der Waals surface area contributed by atoms with Gasteiger partial charge in [0.25, 0.3) is 0 Å². The van der Waals surface area contributed by atoms with Crippen LogP contribution in [0.3, 0.4) is 0 Å². The fourth-order valence-corrected chi connectivity index (χ4v) is 5.47. The largest absolute Gasteiger partial charge is 0.423 e. The highest BCUT2D eigenvalue weighted by Gasteiger charge is 2.20. The number of hydrogen-bond donors (Lipinski definition) is 1. The summed E-state index contributed by atoms with van der Waals surface area (Å²) in [4.78, 5) is 14.9. The van der Waals surface area contributed by atoms with E-state index in [9.17, 15) is 4.79 Å². The molecule has 38 heavy (non-hydrogen) atoms. The fourth-order valence-electron chi connectivity index (χ4n) is 5.47. The lowest BCUT2D eigenvalue weighted by Gasteiger charge is -2.34. The zero-order valence-corrected chi connectivity index (χ0v) is 21.5. The van der Waals surface area contributed by atoms with Crippen LogP contribution in [0.25, 0.3) is 33.2 Å². The van der Waals surface area contributed by atoms with Crippen molar-refractivity contribution in [2.75, 3.05) is 24.5 Å². The summed E-state index contributed by atoms with van der Waals surface area (Å²) >= 11 is 0. The number of fused-ring (bicyclic) bond motifs is 1. The average molecular weight is 501 g/mol. The van der Waals surface area contributed by atoms with Crippen molar-refractivity contribution in [3.05, 3.63) is 125 Å². The minimum Gasteiger partial charge on any atom is -0.423 e. The number of hydrogen-bond acceptors (Lipinski definition) is 4. The van der Waals surface area contributed by atoms with Crippen LogP contribution in [-0.2, 0) is 6.42 Å². The molecule has 0 radical (unpaired) electrons. The third-order valence-corrected chi connectivity index (χ3v) is 7.58. The SMILES string of the molecule is O=c1cc(-c2ccc(-c3ccccc3)cc2)c2ccc(N3CCC(NCCc4ccccc4)CC3)cc2o1. The van der Waals surface area contributed by atoms with E-state index in [4.69, 9.17) is 4.42 Å². The van der Waals surface area contributed by atoms with Crippen LogP contribution in [0.5, 0.6) is 0 Å². The van der Waals surface area contributed by atoms with Crippen LogP contribution < -0.4 is 15.8 Å². The van der Waals surface area contributed by atoms with Crippen molar-refractivity contribution in [2.24, 2.45) is 0 Å². The van der Waals surface area contributed by atoms with E-state index in [1.807, 2.05) is 24.3 Å². The van der Waals surface area contributed by atoms with Crippen LogP contribution >= 0.6 is 0 Å². The Morgan fingerprint density at radius 1 is 0.737 bits per heavy atom. The Balaban J connectivity index is 1.15. The Bertz CT molecular complexity index is 1550. The molecular formula is C34H32N2O2. The summed E-state index contributed by atoms with van der Waals surface area (Å²) < 4.78 is 5.67. The molecule has 5 aromatic rings. The van der Waals surface area contributed by atoms with Gasteiger partial charge in [-0.05, 0) is 65.8 Å². The molecule has 6 rings (SSSR count). The van der Waals surface area contributed by atoms with Gasteiger partial charge >= 0.3 is 5.63 Å². The monoisotopic (exact) mass is 500 g/mol. The molecular weight excluding hydrogens is 468 g/mol. The Morgan fingerprint density at radius 2 is 1.39 bits per heavy atom. The fraction of sp³-hybridized carbons (Fsp3) is 0.206. The van der Waals surface area contributed by atoms with Gasteiger partial charge in [0.1, 0.15) is 5.58 Å². The molecule has 4 nitrogen and oxygen atoms in total. The molecule has 0 atom stereocenters. The van der Waals surface area contributed by atoms with Gasteiger partial charge in [0.15, 0.2) is 0 Å². The van der Waals surface area contributed by atoms with Gasteiger partial charge in [-0.15, -0.1) is 0 Å². The lowest BCUT2D eigenvalue weighted by molar-refractivity contribution is 0.417. The van der Waals surface area contributed by atoms with Crippen molar-refractivity contribution in [1.29, 1.82) is 0 Å². The molecule has 1 aliphatic rings. The Labute approximate surface area is 223 Å². The molecule has 0 unspecified atom stereocenters. The molecule has 4 aromatic carbocycles. The number of nitrogens with zero attached hydrogens (tertiary/aromatic N) is 1. The van der Waals surface area contributed by atoms with Crippen molar-refractivity contribution >= 4 is 16.7 Å². The second kappa shape index (κ2) is 11.1. The third-order valence-electron chi connectivity index (χ3n) is 7.58. The first-order valence-electron chi connectivity index (χ1n) is 13.5. The molecule has 0 spiro atoms. The van der Waals surface area contributed by atoms with Crippen LogP contribution in [0.4, 0.5) is 5.69 Å². The van der Waals surface area contributed by atoms with E-state index in [1.165, 1.54) is 11.1 Å². The van der Waals surface area contributed by atoms with Gasteiger partial charge in [0, 0.05) is 42.3 Å². The molecule has 1 aliphatic heterocycles. The zero-order chi connectivity index (χ0) is 25.7. The van der Waals surface area contributed by atoms with Crippen molar-refractivity contribution in [1.82, 2.24) is 5.32 Å². The highest BCUT2D eigenvalue weighted by Crippen LogP contribution is 2.32. The van der Waals surface area contributed by atoms with Gasteiger partial charge in [-0.1, -0.05) is 84.9 Å². The van der Waals surface area contributed by atoms with Crippen LogP contribution in [0, 0.1) is 0 Å². The summed E-state index contributed by atoms with van der Waals surface area (Å²) in [6.45, 7) is 2.98. The number of nitrogens with one attached hydrogen (secondary N) is 1. The van der Waals surface area contributed by atoms with Crippen LogP contribution in [-0.4, -0.2) is 25.7 Å². The molecule has 1 fully saturated rings. The minimum absolute atomic E-state index is 0.321. The molecule has 1 saturated heterocycles. The molecule has 4 heteroatoms. The van der Waals surface area contributed by atoms with E-state index in [2.05, 4.69) is 89.1 Å². The maximum atomic E-state index is 12.5. The quantitative estimate of drug-likeness (QED) is 0.246. The Hall–Kier alpha value is -4.15. The van der Waals surface area contributed by atoms with Gasteiger partial charge in [0.2, 0.25) is 0 Å². The van der Waals surface area contributed by atoms with E-state index in [0.29, 0.717) is 11.6 Å². The average Bonchev–Trinajstić information content (AvgIpc) is 2.98. The molecule has 0 amide bonds. The lowest BCUT2D eigenvalue weighted by atomic mass is 9.98. The minimum atomic E-state index is -0.321. The summed E-state index contributed by atoms with van der Waals surface area (Å²) in [6, 6.07) is 37.8. The maximum Gasteiger partial charge on any atom is 0.336 e. The second-order valence-electron chi connectivity index (χ2n) is 10.1. The van der Waals surface area contributed by atoms with Crippen molar-refractivity contribution < 1.29 is 4.42 Å². The first-order valence-corrected chi connectivity index (χ1v) is 13.5. The predicted molar refractivity (Wildman–Crippen MR) is 157 cm³/mol. The summed E-state index contributed by atoms with van der Waals surface area (Å²) in [7, 11) is 0.